The van der Waals surface area contributed by atoms with Crippen LogP contribution in [-0.2, 0) is 19.1 Å². The molecule has 3 aliphatic carbocycles. The lowest BCUT2D eigenvalue weighted by atomic mass is 9.51. The molecule has 0 spiro atoms. The van der Waals surface area contributed by atoms with Crippen molar-refractivity contribution >= 4 is 27.9 Å². The minimum absolute atomic E-state index is 0.0679. The number of benzene rings is 1. The van der Waals surface area contributed by atoms with Crippen molar-refractivity contribution in [3.05, 3.63) is 47.0 Å². The number of carbonyl (C=O) groups excluding carboxylic acids is 2. The Bertz CT molecular complexity index is 800. The summed E-state index contributed by atoms with van der Waals surface area (Å²) in [5, 5.41) is 0. The van der Waals surface area contributed by atoms with Gasteiger partial charge in [-0.2, -0.15) is 0 Å². The van der Waals surface area contributed by atoms with Crippen molar-refractivity contribution < 1.29 is 19.1 Å². The third-order valence-electron chi connectivity index (χ3n) is 6.28. The Morgan fingerprint density at radius 3 is 2.79 bits per heavy atom. The minimum Gasteiger partial charge on any atom is -0.469 e. The van der Waals surface area contributed by atoms with Gasteiger partial charge in [0, 0.05) is 11.8 Å². The number of carbonyl (C=O) groups is 2. The van der Waals surface area contributed by atoms with Gasteiger partial charge in [-0.3, -0.25) is 9.59 Å². The van der Waals surface area contributed by atoms with E-state index in [4.69, 9.17) is 9.47 Å². The summed E-state index contributed by atoms with van der Waals surface area (Å²) in [6.07, 6.45) is 3.24. The summed E-state index contributed by atoms with van der Waals surface area (Å²) < 4.78 is 9.97. The molecule has 5 aliphatic rings. The first kappa shape index (κ1) is 14.7. The fraction of sp³-hybridized carbons (Fsp3) is 0.474. The van der Waals surface area contributed by atoms with Gasteiger partial charge in [0.2, 0.25) is 0 Å². The Kier molecular flexibility index (Phi) is 2.89. The molecular formula is C19H17BrO4. The molecule has 2 aliphatic heterocycles. The predicted molar refractivity (Wildman–Crippen MR) is 89.8 cm³/mol. The maximum Gasteiger partial charge on any atom is 0.324 e. The maximum absolute atomic E-state index is 12.7. The fourth-order valence-corrected chi connectivity index (χ4v) is 6.48. The molecule has 3 fully saturated rings. The van der Waals surface area contributed by atoms with Gasteiger partial charge in [-0.15, -0.1) is 0 Å². The zero-order valence-corrected chi connectivity index (χ0v) is 14.8. The Hall–Kier alpha value is -1.62. The van der Waals surface area contributed by atoms with E-state index < -0.39 is 4.32 Å². The molecule has 1 aromatic rings. The van der Waals surface area contributed by atoms with Gasteiger partial charge in [-0.25, -0.2) is 0 Å². The van der Waals surface area contributed by atoms with Crippen LogP contribution in [0.2, 0.25) is 0 Å². The Morgan fingerprint density at radius 2 is 2.04 bits per heavy atom. The lowest BCUT2D eigenvalue weighted by molar-refractivity contribution is -0.166. The van der Waals surface area contributed by atoms with Gasteiger partial charge in [0.25, 0.3) is 0 Å². The van der Waals surface area contributed by atoms with Gasteiger partial charge in [-0.05, 0) is 35.5 Å². The van der Waals surface area contributed by atoms with E-state index in [0.29, 0.717) is 6.42 Å². The third-order valence-corrected chi connectivity index (χ3v) is 7.65. The molecule has 124 valence electrons. The van der Waals surface area contributed by atoms with Crippen LogP contribution in [0.25, 0.3) is 0 Å². The summed E-state index contributed by atoms with van der Waals surface area (Å²) in [6.45, 7) is 0. The number of hydrogen-bond donors (Lipinski definition) is 0. The highest BCUT2D eigenvalue weighted by molar-refractivity contribution is 9.10. The zero-order valence-electron chi connectivity index (χ0n) is 13.2. The average Bonchev–Trinajstić information content (AvgIpc) is 2.61. The summed E-state index contributed by atoms with van der Waals surface area (Å²) >= 11 is 3.81. The van der Waals surface area contributed by atoms with Crippen LogP contribution in [0.1, 0.15) is 35.8 Å². The molecule has 4 bridgehead atoms. The lowest BCUT2D eigenvalue weighted by Crippen LogP contribution is -2.64. The van der Waals surface area contributed by atoms with Crippen LogP contribution in [0.3, 0.4) is 0 Å². The number of methoxy groups -OCH3 is 1. The number of alkyl halides is 1. The van der Waals surface area contributed by atoms with E-state index >= 15 is 0 Å². The van der Waals surface area contributed by atoms with Crippen molar-refractivity contribution in [2.24, 2.45) is 11.8 Å². The number of hydrogen-bond acceptors (Lipinski definition) is 4. The minimum atomic E-state index is -0.701. The molecule has 2 saturated heterocycles. The first-order valence-electron chi connectivity index (χ1n) is 8.34. The first-order chi connectivity index (χ1) is 11.6. The average molecular weight is 389 g/mol. The molecule has 0 N–H and O–H groups in total. The van der Waals surface area contributed by atoms with E-state index in [-0.39, 0.29) is 41.7 Å². The first-order valence-corrected chi connectivity index (χ1v) is 9.13. The summed E-state index contributed by atoms with van der Waals surface area (Å²) in [5.74, 6) is -0.299. The summed E-state index contributed by atoms with van der Waals surface area (Å²) in [5.41, 5.74) is 3.60. The maximum atomic E-state index is 12.7. The smallest absolute Gasteiger partial charge is 0.324 e. The van der Waals surface area contributed by atoms with Crippen LogP contribution in [0.4, 0.5) is 0 Å². The Labute approximate surface area is 148 Å². The fourth-order valence-electron chi connectivity index (χ4n) is 5.37. The van der Waals surface area contributed by atoms with Crippen molar-refractivity contribution in [1.29, 1.82) is 0 Å². The van der Waals surface area contributed by atoms with E-state index in [2.05, 4.69) is 28.1 Å². The van der Waals surface area contributed by atoms with Gasteiger partial charge in [0.15, 0.2) is 0 Å². The molecule has 24 heavy (non-hydrogen) atoms. The highest BCUT2D eigenvalue weighted by atomic mass is 79.9. The third kappa shape index (κ3) is 1.59. The molecule has 0 radical (unpaired) electrons. The highest BCUT2D eigenvalue weighted by Gasteiger charge is 2.68. The molecule has 0 amide bonds. The largest absolute Gasteiger partial charge is 0.469 e. The molecule has 1 aromatic carbocycles. The van der Waals surface area contributed by atoms with Gasteiger partial charge >= 0.3 is 11.9 Å². The van der Waals surface area contributed by atoms with Crippen LogP contribution in [0.5, 0.6) is 0 Å². The van der Waals surface area contributed by atoms with E-state index in [1.54, 1.807) is 0 Å². The standard InChI is InChI=1S/C19H17BrO4/c1-23-17(21)9-6-12-10-4-2-3-5-11(10)14-8-15-13(7-9)16(12)19(14,20)18(22)24-15/h2-5,7,9,12,14-16H,6,8H2,1H3/t9-,12-,14+,15-,16+,19-/m0/s1. The molecule has 1 saturated carbocycles. The molecule has 6 rings (SSSR count). The lowest BCUT2D eigenvalue weighted by Gasteiger charge is -2.60. The van der Waals surface area contributed by atoms with Crippen LogP contribution < -0.4 is 0 Å². The molecule has 4 nitrogen and oxygen atoms in total. The number of rotatable bonds is 1. The topological polar surface area (TPSA) is 52.6 Å². The summed E-state index contributed by atoms with van der Waals surface area (Å²) in [6, 6.07) is 8.35. The number of ether oxygens (including phenoxy) is 2. The number of fused-ring (bicyclic) bond motifs is 3. The van der Waals surface area contributed by atoms with Gasteiger partial charge in [0.05, 0.1) is 13.0 Å². The number of esters is 2. The second-order valence-corrected chi connectivity index (χ2v) is 8.51. The highest BCUT2D eigenvalue weighted by Crippen LogP contribution is 2.67. The Balaban J connectivity index is 1.76. The monoisotopic (exact) mass is 388 g/mol. The Morgan fingerprint density at radius 1 is 1.29 bits per heavy atom. The molecule has 0 unspecified atom stereocenters. The van der Waals surface area contributed by atoms with E-state index in [9.17, 15) is 9.59 Å². The number of halogens is 1. The van der Waals surface area contributed by atoms with E-state index in [1.807, 2.05) is 18.2 Å². The predicted octanol–water partition coefficient (Wildman–Crippen LogP) is 3.07. The van der Waals surface area contributed by atoms with Gasteiger partial charge < -0.3 is 9.47 Å². The quantitative estimate of drug-likeness (QED) is 0.421. The van der Waals surface area contributed by atoms with E-state index in [0.717, 1.165) is 12.0 Å². The molecule has 2 heterocycles. The molecule has 5 heteroatoms. The summed E-state index contributed by atoms with van der Waals surface area (Å²) in [7, 11) is 1.43. The van der Waals surface area contributed by atoms with Crippen LogP contribution >= 0.6 is 15.9 Å². The zero-order chi connectivity index (χ0) is 16.6. The van der Waals surface area contributed by atoms with E-state index in [1.165, 1.54) is 18.2 Å². The van der Waals surface area contributed by atoms with Gasteiger partial charge in [-0.1, -0.05) is 46.3 Å². The second-order valence-electron chi connectivity index (χ2n) is 7.20. The van der Waals surface area contributed by atoms with Crippen molar-refractivity contribution in [3.8, 4) is 0 Å². The van der Waals surface area contributed by atoms with Crippen molar-refractivity contribution in [3.63, 3.8) is 0 Å². The van der Waals surface area contributed by atoms with Crippen molar-refractivity contribution in [2.75, 3.05) is 7.11 Å². The molecule has 0 aromatic heterocycles. The van der Waals surface area contributed by atoms with Crippen LogP contribution in [-0.4, -0.2) is 29.5 Å². The van der Waals surface area contributed by atoms with Gasteiger partial charge in [0.1, 0.15) is 10.4 Å². The van der Waals surface area contributed by atoms with Crippen LogP contribution in [0.15, 0.2) is 35.9 Å². The second kappa shape index (κ2) is 4.72. The normalized spacial score (nSPS) is 41.2. The van der Waals surface area contributed by atoms with Crippen molar-refractivity contribution in [1.82, 2.24) is 0 Å². The molecular weight excluding hydrogens is 372 g/mol. The van der Waals surface area contributed by atoms with Crippen LogP contribution in [0, 0.1) is 11.8 Å². The van der Waals surface area contributed by atoms with Crippen molar-refractivity contribution in [2.45, 2.75) is 35.1 Å². The summed E-state index contributed by atoms with van der Waals surface area (Å²) in [4.78, 5) is 24.9. The molecule has 6 atom stereocenters. The SMILES string of the molecule is COC(=O)[C@@H]1C=C2[C@@H]3C[C@@H]4c5ccccc5[C@H](C1)[C@H]2[C@]4(Br)C(=O)O3.